The fourth-order valence-corrected chi connectivity index (χ4v) is 3.02. The number of likely N-dealkylation sites (tertiary alicyclic amines) is 1. The predicted molar refractivity (Wildman–Crippen MR) is 74.9 cm³/mol. The minimum absolute atomic E-state index is 0.168. The van der Waals surface area contributed by atoms with Crippen LogP contribution in [0.1, 0.15) is 34.7 Å². The quantitative estimate of drug-likeness (QED) is 0.882. The monoisotopic (exact) mass is 295 g/mol. The van der Waals surface area contributed by atoms with Crippen LogP contribution in [0.4, 0.5) is 0 Å². The molecule has 1 saturated heterocycles. The number of hydrogen-bond acceptors (Lipinski definition) is 5. The molecule has 1 aliphatic heterocycles. The van der Waals surface area contributed by atoms with Crippen molar-refractivity contribution in [3.05, 3.63) is 17.0 Å². The first-order valence-corrected chi connectivity index (χ1v) is 6.94. The van der Waals surface area contributed by atoms with Gasteiger partial charge in [0.05, 0.1) is 12.3 Å². The average molecular weight is 295 g/mol. The zero-order chi connectivity index (χ0) is 15.6. The van der Waals surface area contributed by atoms with E-state index in [-0.39, 0.29) is 18.4 Å². The summed E-state index contributed by atoms with van der Waals surface area (Å²) in [6.45, 7) is 4.10. The van der Waals surface area contributed by atoms with Crippen LogP contribution in [0.2, 0.25) is 0 Å². The van der Waals surface area contributed by atoms with Crippen LogP contribution in [0, 0.1) is 13.8 Å². The topological polar surface area (TPSA) is 84.7 Å². The molecule has 21 heavy (non-hydrogen) atoms. The molecule has 0 bridgehead atoms. The standard InChI is InChI=1S/C14H21N3O4/c1-9-11(10(2)21-16-9)12(18)17-7-5-6-14(17,8-20-4)13(19)15-3/h5-8H2,1-4H3,(H,15,19). The van der Waals surface area contributed by atoms with Gasteiger partial charge in [0.2, 0.25) is 5.91 Å². The van der Waals surface area contributed by atoms with Gasteiger partial charge >= 0.3 is 0 Å². The molecule has 0 saturated carbocycles. The molecule has 116 valence electrons. The van der Waals surface area contributed by atoms with E-state index in [4.69, 9.17) is 9.26 Å². The van der Waals surface area contributed by atoms with Crippen molar-refractivity contribution in [2.45, 2.75) is 32.2 Å². The number of nitrogens with one attached hydrogen (secondary N) is 1. The molecule has 1 aliphatic rings. The highest BCUT2D eigenvalue weighted by molar-refractivity contribution is 6.01. The van der Waals surface area contributed by atoms with Crippen LogP contribution in [0.3, 0.4) is 0 Å². The molecule has 2 rings (SSSR count). The third-order valence-electron chi connectivity index (χ3n) is 4.01. The molecule has 7 heteroatoms. The Morgan fingerprint density at radius 3 is 2.71 bits per heavy atom. The normalized spacial score (nSPS) is 21.6. The zero-order valence-electron chi connectivity index (χ0n) is 12.9. The van der Waals surface area contributed by atoms with Gasteiger partial charge in [-0.2, -0.15) is 0 Å². The van der Waals surface area contributed by atoms with E-state index in [1.54, 1.807) is 25.8 Å². The van der Waals surface area contributed by atoms with E-state index in [0.717, 1.165) is 6.42 Å². The van der Waals surface area contributed by atoms with Gasteiger partial charge in [-0.25, -0.2) is 0 Å². The lowest BCUT2D eigenvalue weighted by Crippen LogP contribution is -2.59. The number of aryl methyl sites for hydroxylation is 2. The minimum Gasteiger partial charge on any atom is -0.382 e. The Morgan fingerprint density at radius 2 is 2.19 bits per heavy atom. The van der Waals surface area contributed by atoms with Crippen molar-refractivity contribution in [2.75, 3.05) is 27.3 Å². The molecule has 1 atom stereocenters. The van der Waals surface area contributed by atoms with Crippen LogP contribution < -0.4 is 5.32 Å². The van der Waals surface area contributed by atoms with Gasteiger partial charge in [-0.1, -0.05) is 5.16 Å². The van der Waals surface area contributed by atoms with Gasteiger partial charge in [0.15, 0.2) is 0 Å². The van der Waals surface area contributed by atoms with Crippen LogP contribution in [0.25, 0.3) is 0 Å². The fourth-order valence-electron chi connectivity index (χ4n) is 3.02. The van der Waals surface area contributed by atoms with Crippen molar-refractivity contribution < 1.29 is 18.8 Å². The van der Waals surface area contributed by atoms with Crippen LogP contribution in [0.15, 0.2) is 4.52 Å². The molecule has 1 unspecified atom stereocenters. The van der Waals surface area contributed by atoms with Gasteiger partial charge in [-0.3, -0.25) is 9.59 Å². The van der Waals surface area contributed by atoms with Gasteiger partial charge in [-0.15, -0.1) is 0 Å². The van der Waals surface area contributed by atoms with Crippen molar-refractivity contribution in [2.24, 2.45) is 0 Å². The van der Waals surface area contributed by atoms with Gasteiger partial charge < -0.3 is 19.5 Å². The number of nitrogens with zero attached hydrogens (tertiary/aromatic N) is 2. The second kappa shape index (κ2) is 5.85. The number of carbonyl (C=O) groups excluding carboxylic acids is 2. The number of hydrogen-bond donors (Lipinski definition) is 1. The summed E-state index contributed by atoms with van der Waals surface area (Å²) in [4.78, 5) is 26.8. The van der Waals surface area contributed by atoms with Crippen molar-refractivity contribution in [1.29, 1.82) is 0 Å². The Labute approximate surface area is 123 Å². The maximum absolute atomic E-state index is 12.9. The molecule has 1 aromatic heterocycles. The van der Waals surface area contributed by atoms with E-state index in [1.807, 2.05) is 0 Å². The SMILES string of the molecule is CNC(=O)C1(COC)CCCN1C(=O)c1c(C)noc1C. The maximum atomic E-state index is 12.9. The molecule has 1 aromatic rings. The molecule has 0 aromatic carbocycles. The van der Waals surface area contributed by atoms with Crippen molar-refractivity contribution in [3.8, 4) is 0 Å². The lowest BCUT2D eigenvalue weighted by atomic mass is 9.95. The Balaban J connectivity index is 2.41. The molecule has 1 fully saturated rings. The number of carbonyl (C=O) groups is 2. The molecule has 2 amide bonds. The third-order valence-corrected chi connectivity index (χ3v) is 4.01. The number of ether oxygens (including phenoxy) is 1. The summed E-state index contributed by atoms with van der Waals surface area (Å²) >= 11 is 0. The van der Waals surface area contributed by atoms with Gasteiger partial charge in [0, 0.05) is 20.7 Å². The second-order valence-electron chi connectivity index (χ2n) is 5.30. The molecular formula is C14H21N3O4. The number of methoxy groups -OCH3 is 1. The largest absolute Gasteiger partial charge is 0.382 e. The minimum atomic E-state index is -0.962. The lowest BCUT2D eigenvalue weighted by Gasteiger charge is -2.36. The number of amides is 2. The summed E-state index contributed by atoms with van der Waals surface area (Å²) in [6.07, 6.45) is 1.33. The molecule has 0 aliphatic carbocycles. The first-order chi connectivity index (χ1) is 9.97. The van der Waals surface area contributed by atoms with E-state index in [9.17, 15) is 9.59 Å². The Morgan fingerprint density at radius 1 is 1.48 bits per heavy atom. The average Bonchev–Trinajstić information content (AvgIpc) is 3.03. The van der Waals surface area contributed by atoms with Crippen molar-refractivity contribution in [3.63, 3.8) is 0 Å². The van der Waals surface area contributed by atoms with Crippen LogP contribution >= 0.6 is 0 Å². The van der Waals surface area contributed by atoms with E-state index in [1.165, 1.54) is 7.11 Å². The highest BCUT2D eigenvalue weighted by atomic mass is 16.5. The fraction of sp³-hybridized carbons (Fsp3) is 0.643. The second-order valence-corrected chi connectivity index (χ2v) is 5.30. The van der Waals surface area contributed by atoms with E-state index in [2.05, 4.69) is 10.5 Å². The molecule has 0 spiro atoms. The third kappa shape index (κ3) is 2.42. The lowest BCUT2D eigenvalue weighted by molar-refractivity contribution is -0.133. The number of aromatic nitrogens is 1. The van der Waals surface area contributed by atoms with Gasteiger partial charge in [-0.05, 0) is 26.7 Å². The molecule has 0 radical (unpaired) electrons. The Bertz CT molecular complexity index is 535. The first kappa shape index (κ1) is 15.5. The molecular weight excluding hydrogens is 274 g/mol. The summed E-state index contributed by atoms with van der Waals surface area (Å²) < 4.78 is 10.3. The highest BCUT2D eigenvalue weighted by Gasteiger charge is 2.50. The first-order valence-electron chi connectivity index (χ1n) is 6.94. The summed E-state index contributed by atoms with van der Waals surface area (Å²) in [6, 6.07) is 0. The van der Waals surface area contributed by atoms with Gasteiger partial charge in [0.25, 0.3) is 5.91 Å². The summed E-state index contributed by atoms with van der Waals surface area (Å²) in [5.74, 6) is 0.0268. The maximum Gasteiger partial charge on any atom is 0.260 e. The summed E-state index contributed by atoms with van der Waals surface area (Å²) in [7, 11) is 3.10. The van der Waals surface area contributed by atoms with Crippen LogP contribution in [-0.2, 0) is 9.53 Å². The molecule has 1 N–H and O–H groups in total. The molecule has 7 nitrogen and oxygen atoms in total. The van der Waals surface area contributed by atoms with Gasteiger partial charge in [0.1, 0.15) is 16.9 Å². The number of rotatable bonds is 4. The zero-order valence-corrected chi connectivity index (χ0v) is 12.9. The molecule has 2 heterocycles. The van der Waals surface area contributed by atoms with E-state index in [0.29, 0.717) is 30.0 Å². The van der Waals surface area contributed by atoms with E-state index < -0.39 is 5.54 Å². The smallest absolute Gasteiger partial charge is 0.260 e. The Kier molecular flexibility index (Phi) is 4.32. The van der Waals surface area contributed by atoms with Crippen LogP contribution in [0.5, 0.6) is 0 Å². The highest BCUT2D eigenvalue weighted by Crippen LogP contribution is 2.32. The van der Waals surface area contributed by atoms with Crippen LogP contribution in [-0.4, -0.2) is 54.7 Å². The predicted octanol–water partition coefficient (Wildman–Crippen LogP) is 0.659. The van der Waals surface area contributed by atoms with Crippen molar-refractivity contribution in [1.82, 2.24) is 15.4 Å². The Hall–Kier alpha value is -1.89. The summed E-state index contributed by atoms with van der Waals surface area (Å²) in [5.41, 5.74) is 0.00500. The summed E-state index contributed by atoms with van der Waals surface area (Å²) in [5, 5.41) is 6.45. The van der Waals surface area contributed by atoms with E-state index >= 15 is 0 Å². The van der Waals surface area contributed by atoms with Crippen molar-refractivity contribution >= 4 is 11.8 Å². The number of likely N-dealkylation sites (N-methyl/N-ethyl adjacent to an activating group) is 1.